The third-order valence-electron chi connectivity index (χ3n) is 1.76. The molecule has 16 heavy (non-hydrogen) atoms. The summed E-state index contributed by atoms with van der Waals surface area (Å²) in [5.74, 6) is 0. The van der Waals surface area contributed by atoms with Gasteiger partial charge < -0.3 is 5.11 Å². The molecule has 0 aromatic heterocycles. The van der Waals surface area contributed by atoms with Crippen LogP contribution >= 0.6 is 0 Å². The van der Waals surface area contributed by atoms with Gasteiger partial charge in [-0.05, 0) is 6.42 Å². The first-order valence-corrected chi connectivity index (χ1v) is 6.62. The van der Waals surface area contributed by atoms with Gasteiger partial charge in [-0.1, -0.05) is 45.4 Å². The molecule has 0 atom stereocenters. The fourth-order valence-corrected chi connectivity index (χ4v) is 1.07. The van der Waals surface area contributed by atoms with Crippen LogP contribution in [0.25, 0.3) is 0 Å². The molecular formula is C9H23NaO5S. The predicted molar refractivity (Wildman–Crippen MR) is 66.4 cm³/mol. The summed E-state index contributed by atoms with van der Waals surface area (Å²) in [4.78, 5) is 0. The summed E-state index contributed by atoms with van der Waals surface area (Å²) in [6.45, 7) is 2.60. The third kappa shape index (κ3) is 46.3. The minimum atomic E-state index is -4.67. The van der Waals surface area contributed by atoms with E-state index in [1.807, 2.05) is 0 Å². The second-order valence-corrected chi connectivity index (χ2v) is 4.19. The molecule has 3 N–H and O–H groups in total. The zero-order valence-electron chi connectivity index (χ0n) is 9.22. The van der Waals surface area contributed by atoms with Gasteiger partial charge in [-0.2, -0.15) is 8.42 Å². The van der Waals surface area contributed by atoms with Gasteiger partial charge in [-0.15, -0.1) is 0 Å². The zero-order valence-corrected chi connectivity index (χ0v) is 10.0. The average Bonchev–Trinajstić information content (AvgIpc) is 2.08. The Morgan fingerprint density at radius 1 is 0.875 bits per heavy atom. The number of unbranched alkanes of at least 4 members (excludes halogenated alkanes) is 6. The predicted octanol–water partition coefficient (Wildman–Crippen LogP) is 1.43. The van der Waals surface area contributed by atoms with Crippen LogP contribution in [0.3, 0.4) is 0 Å². The van der Waals surface area contributed by atoms with E-state index >= 15 is 0 Å². The monoisotopic (exact) mass is 266 g/mol. The Kier molecular flexibility index (Phi) is 21.8. The van der Waals surface area contributed by atoms with Crippen LogP contribution < -0.4 is 0 Å². The van der Waals surface area contributed by atoms with Crippen molar-refractivity contribution < 1.29 is 22.6 Å². The molecule has 0 radical (unpaired) electrons. The van der Waals surface area contributed by atoms with Crippen molar-refractivity contribution in [1.29, 1.82) is 0 Å². The molecule has 96 valence electrons. The van der Waals surface area contributed by atoms with Gasteiger partial charge in [-0.25, -0.2) is 0 Å². The first-order chi connectivity index (χ1) is 6.91. The van der Waals surface area contributed by atoms with E-state index in [-0.39, 0.29) is 29.6 Å². The molecule has 0 rings (SSSR count). The van der Waals surface area contributed by atoms with Crippen molar-refractivity contribution in [3.63, 3.8) is 0 Å². The van der Waals surface area contributed by atoms with Crippen LogP contribution in [0.4, 0.5) is 0 Å². The molecule has 0 unspecified atom stereocenters. The molecule has 0 aromatic rings. The van der Waals surface area contributed by atoms with Gasteiger partial charge in [0.25, 0.3) is 0 Å². The molecule has 7 heteroatoms. The maximum absolute atomic E-state index is 8.74. The second kappa shape index (κ2) is 15.8. The second-order valence-electron chi connectivity index (χ2n) is 3.29. The summed E-state index contributed by atoms with van der Waals surface area (Å²) in [5, 5.41) is 8.47. The molecule has 0 saturated heterocycles. The van der Waals surface area contributed by atoms with E-state index < -0.39 is 10.4 Å². The van der Waals surface area contributed by atoms with Gasteiger partial charge in [0.05, 0.1) is 0 Å². The number of rotatable bonds is 7. The number of hydrogen-bond donors (Lipinski definition) is 3. The summed E-state index contributed by atoms with van der Waals surface area (Å²) in [6.07, 6.45) is 8.93. The van der Waals surface area contributed by atoms with E-state index in [1.165, 1.54) is 38.5 Å². The molecule has 0 amide bonds. The Morgan fingerprint density at radius 3 is 1.50 bits per heavy atom. The van der Waals surface area contributed by atoms with Crippen molar-refractivity contribution >= 4 is 40.0 Å². The van der Waals surface area contributed by atoms with Crippen molar-refractivity contribution in [2.75, 3.05) is 6.61 Å². The molecule has 0 aromatic carbocycles. The standard InChI is InChI=1S/C9H20O.Na.H2O4S.H/c1-2-3-4-5-6-7-8-9-10;;1-5(2,3)4;/h10H,2-9H2,1H3;;(H2,1,2,3,4);. The minimum absolute atomic E-state index is 0. The molecule has 0 aliphatic carbocycles. The molecule has 5 nitrogen and oxygen atoms in total. The van der Waals surface area contributed by atoms with E-state index in [4.69, 9.17) is 22.6 Å². The Hall–Kier alpha value is 0.830. The van der Waals surface area contributed by atoms with Crippen LogP contribution in [-0.2, 0) is 10.4 Å². The molecule has 0 aliphatic rings. The van der Waals surface area contributed by atoms with Crippen LogP contribution in [0.15, 0.2) is 0 Å². The number of aliphatic hydroxyl groups excluding tert-OH is 1. The van der Waals surface area contributed by atoms with E-state index in [9.17, 15) is 0 Å². The Labute approximate surface area is 121 Å². The van der Waals surface area contributed by atoms with Crippen LogP contribution in [0.1, 0.15) is 51.9 Å². The van der Waals surface area contributed by atoms with Crippen molar-refractivity contribution in [3.8, 4) is 0 Å². The fraction of sp³-hybridized carbons (Fsp3) is 1.00. The fourth-order valence-electron chi connectivity index (χ4n) is 1.07. The van der Waals surface area contributed by atoms with Crippen molar-refractivity contribution in [2.45, 2.75) is 51.9 Å². The van der Waals surface area contributed by atoms with Crippen molar-refractivity contribution in [3.05, 3.63) is 0 Å². The summed E-state index contributed by atoms with van der Waals surface area (Å²) in [7, 11) is -4.67. The maximum atomic E-state index is 8.74. The van der Waals surface area contributed by atoms with Crippen LogP contribution in [0.2, 0.25) is 0 Å². The SMILES string of the molecule is CCCCCCCCCO.O=S(=O)(O)O.[NaH]. The number of aliphatic hydroxyl groups is 1. The topological polar surface area (TPSA) is 94.8 Å². The molecule has 0 heterocycles. The van der Waals surface area contributed by atoms with E-state index in [0.29, 0.717) is 6.61 Å². The van der Waals surface area contributed by atoms with Gasteiger partial charge in [0.15, 0.2) is 0 Å². The van der Waals surface area contributed by atoms with Gasteiger partial charge in [0, 0.05) is 6.61 Å². The molecule has 0 bridgehead atoms. The average molecular weight is 266 g/mol. The van der Waals surface area contributed by atoms with Gasteiger partial charge in [0.2, 0.25) is 0 Å². The summed E-state index contributed by atoms with van der Waals surface area (Å²) >= 11 is 0. The quantitative estimate of drug-likeness (QED) is 0.368. The number of hydrogen-bond acceptors (Lipinski definition) is 3. The van der Waals surface area contributed by atoms with Crippen LogP contribution in [-0.4, -0.2) is 58.8 Å². The zero-order chi connectivity index (χ0) is 12.2. The summed E-state index contributed by atoms with van der Waals surface area (Å²) < 4.78 is 31.6. The molecule has 0 saturated carbocycles. The van der Waals surface area contributed by atoms with E-state index in [1.54, 1.807) is 0 Å². The first-order valence-electron chi connectivity index (χ1n) is 5.22. The van der Waals surface area contributed by atoms with Gasteiger partial charge in [-0.3, -0.25) is 9.11 Å². The van der Waals surface area contributed by atoms with Gasteiger partial charge in [0.1, 0.15) is 0 Å². The normalized spacial score (nSPS) is 10.0. The summed E-state index contributed by atoms with van der Waals surface area (Å²) in [5.41, 5.74) is 0. The molecule has 0 aliphatic heterocycles. The van der Waals surface area contributed by atoms with Crippen molar-refractivity contribution in [2.24, 2.45) is 0 Å². The van der Waals surface area contributed by atoms with Gasteiger partial charge >= 0.3 is 40.0 Å². The van der Waals surface area contributed by atoms with Crippen molar-refractivity contribution in [1.82, 2.24) is 0 Å². The molecule has 0 spiro atoms. The summed E-state index contributed by atoms with van der Waals surface area (Å²) in [6, 6.07) is 0. The van der Waals surface area contributed by atoms with E-state index in [2.05, 4.69) is 6.92 Å². The Morgan fingerprint density at radius 2 is 1.19 bits per heavy atom. The first kappa shape index (κ1) is 22.0. The molecular weight excluding hydrogens is 243 g/mol. The third-order valence-corrected chi connectivity index (χ3v) is 1.76. The Bertz CT molecular complexity index is 190. The van der Waals surface area contributed by atoms with Crippen LogP contribution in [0.5, 0.6) is 0 Å². The van der Waals surface area contributed by atoms with Crippen LogP contribution in [0, 0.1) is 0 Å². The Balaban J connectivity index is -0.000000242. The molecule has 0 fully saturated rings. The van der Waals surface area contributed by atoms with E-state index in [0.717, 1.165) is 6.42 Å².